The second-order valence-electron chi connectivity index (χ2n) is 7.68. The van der Waals surface area contributed by atoms with E-state index in [1.807, 2.05) is 67.3 Å². The lowest BCUT2D eigenvalue weighted by Crippen LogP contribution is -2.48. The van der Waals surface area contributed by atoms with Crippen LogP contribution in [0.4, 0.5) is 0 Å². The van der Waals surface area contributed by atoms with Crippen LogP contribution in [0.15, 0.2) is 52.9 Å². The molecule has 0 saturated carbocycles. The van der Waals surface area contributed by atoms with E-state index in [1.54, 1.807) is 7.11 Å². The normalized spacial score (nSPS) is 14.7. The predicted octanol–water partition coefficient (Wildman–Crippen LogP) is 3.93. The summed E-state index contributed by atoms with van der Waals surface area (Å²) < 4.78 is 11.1. The molecule has 1 saturated heterocycles. The van der Waals surface area contributed by atoms with Gasteiger partial charge in [-0.25, -0.2) is 4.98 Å². The van der Waals surface area contributed by atoms with Crippen LogP contribution in [0.2, 0.25) is 0 Å². The number of carbonyl (C=O) groups excluding carboxylic acids is 1. The van der Waals surface area contributed by atoms with Crippen molar-refractivity contribution in [3.63, 3.8) is 0 Å². The number of rotatable bonds is 5. The number of amides is 1. The van der Waals surface area contributed by atoms with Crippen LogP contribution in [-0.2, 0) is 6.54 Å². The third-order valence-electron chi connectivity index (χ3n) is 5.56. The fourth-order valence-electron chi connectivity index (χ4n) is 3.63. The first-order valence-electron chi connectivity index (χ1n) is 10.2. The molecular formula is C24H27N3O3. The summed E-state index contributed by atoms with van der Waals surface area (Å²) in [5, 5.41) is 0. The number of aromatic nitrogens is 1. The molecule has 0 unspecified atom stereocenters. The molecule has 1 amide bonds. The maximum atomic E-state index is 12.7. The van der Waals surface area contributed by atoms with Crippen LogP contribution < -0.4 is 4.74 Å². The fraction of sp³-hybridized carbons (Fsp3) is 0.333. The Balaban J connectivity index is 1.36. The number of benzene rings is 2. The Labute approximate surface area is 177 Å². The molecule has 6 heteroatoms. The van der Waals surface area contributed by atoms with Gasteiger partial charge in [-0.05, 0) is 50.2 Å². The van der Waals surface area contributed by atoms with Gasteiger partial charge in [0.1, 0.15) is 11.5 Å². The predicted molar refractivity (Wildman–Crippen MR) is 116 cm³/mol. The van der Waals surface area contributed by atoms with Gasteiger partial charge in [0, 0.05) is 43.9 Å². The van der Waals surface area contributed by atoms with E-state index < -0.39 is 0 Å². The Kier molecular flexibility index (Phi) is 5.86. The first-order chi connectivity index (χ1) is 14.5. The third kappa shape index (κ3) is 4.39. The molecule has 0 spiro atoms. The second-order valence-corrected chi connectivity index (χ2v) is 7.68. The van der Waals surface area contributed by atoms with E-state index >= 15 is 0 Å². The van der Waals surface area contributed by atoms with Crippen LogP contribution in [0.3, 0.4) is 0 Å². The molecule has 0 N–H and O–H groups in total. The summed E-state index contributed by atoms with van der Waals surface area (Å²) in [6.45, 7) is 7.77. The average Bonchev–Trinajstić information content (AvgIpc) is 3.14. The van der Waals surface area contributed by atoms with Crippen molar-refractivity contribution in [1.82, 2.24) is 14.8 Å². The summed E-state index contributed by atoms with van der Waals surface area (Å²) in [4.78, 5) is 21.7. The monoisotopic (exact) mass is 405 g/mol. The smallest absolute Gasteiger partial charge is 0.253 e. The zero-order valence-corrected chi connectivity index (χ0v) is 17.7. The maximum absolute atomic E-state index is 12.7. The lowest BCUT2D eigenvalue weighted by molar-refractivity contribution is 0.0626. The van der Waals surface area contributed by atoms with Gasteiger partial charge in [0.25, 0.3) is 5.91 Å². The Morgan fingerprint density at radius 2 is 1.67 bits per heavy atom. The van der Waals surface area contributed by atoms with E-state index in [-0.39, 0.29) is 5.91 Å². The quantitative estimate of drug-likeness (QED) is 0.644. The summed E-state index contributed by atoms with van der Waals surface area (Å²) >= 11 is 0. The molecule has 1 aromatic heterocycles. The number of nitrogens with zero attached hydrogens (tertiary/aromatic N) is 3. The highest BCUT2D eigenvalue weighted by Crippen LogP contribution is 2.25. The van der Waals surface area contributed by atoms with Gasteiger partial charge in [-0.1, -0.05) is 17.7 Å². The van der Waals surface area contributed by atoms with Crippen molar-refractivity contribution in [2.45, 2.75) is 20.4 Å². The molecule has 1 fully saturated rings. The second kappa shape index (κ2) is 8.71. The van der Waals surface area contributed by atoms with Crippen LogP contribution >= 0.6 is 0 Å². The highest BCUT2D eigenvalue weighted by molar-refractivity contribution is 5.94. The first kappa shape index (κ1) is 20.2. The number of hydrogen-bond donors (Lipinski definition) is 0. The molecule has 30 heavy (non-hydrogen) atoms. The number of aryl methyl sites for hydroxylation is 2. The van der Waals surface area contributed by atoms with Crippen molar-refractivity contribution in [2.75, 3.05) is 33.3 Å². The minimum absolute atomic E-state index is 0.106. The van der Waals surface area contributed by atoms with Crippen LogP contribution in [0.1, 0.15) is 27.4 Å². The number of hydrogen-bond acceptors (Lipinski definition) is 5. The van der Waals surface area contributed by atoms with Crippen molar-refractivity contribution in [1.29, 1.82) is 0 Å². The Morgan fingerprint density at radius 3 is 2.30 bits per heavy atom. The Hall–Kier alpha value is -3.12. The van der Waals surface area contributed by atoms with Gasteiger partial charge in [-0.3, -0.25) is 9.69 Å². The standard InChI is InChI=1S/C24H27N3O3/c1-17-4-6-20(7-5-17)24(28)27-14-12-26(13-15-27)16-22-18(2)30-23(25-22)19-8-10-21(29-3)11-9-19/h4-11H,12-16H2,1-3H3. The summed E-state index contributed by atoms with van der Waals surface area (Å²) in [7, 11) is 1.65. The van der Waals surface area contributed by atoms with Crippen molar-refractivity contribution in [3.05, 3.63) is 71.1 Å². The minimum Gasteiger partial charge on any atom is -0.497 e. The zero-order valence-electron chi connectivity index (χ0n) is 17.7. The number of methoxy groups -OCH3 is 1. The molecule has 1 aliphatic heterocycles. The van der Waals surface area contributed by atoms with Gasteiger partial charge in [0.2, 0.25) is 5.89 Å². The molecule has 6 nitrogen and oxygen atoms in total. The molecule has 0 atom stereocenters. The van der Waals surface area contributed by atoms with Crippen LogP contribution in [0.25, 0.3) is 11.5 Å². The average molecular weight is 405 g/mol. The summed E-state index contributed by atoms with van der Waals surface area (Å²) in [5.74, 6) is 2.37. The molecule has 0 radical (unpaired) electrons. The molecule has 2 aromatic carbocycles. The maximum Gasteiger partial charge on any atom is 0.253 e. The van der Waals surface area contributed by atoms with E-state index in [2.05, 4.69) is 4.90 Å². The number of oxazole rings is 1. The summed E-state index contributed by atoms with van der Waals surface area (Å²) in [6.07, 6.45) is 0. The van der Waals surface area contributed by atoms with Crippen molar-refractivity contribution in [3.8, 4) is 17.2 Å². The number of piperazine rings is 1. The molecule has 0 aliphatic carbocycles. The highest BCUT2D eigenvalue weighted by atomic mass is 16.5. The van der Waals surface area contributed by atoms with Crippen molar-refractivity contribution >= 4 is 5.91 Å². The molecule has 4 rings (SSSR count). The van der Waals surface area contributed by atoms with E-state index in [0.717, 1.165) is 66.6 Å². The SMILES string of the molecule is COc1ccc(-c2nc(CN3CCN(C(=O)c4ccc(C)cc4)CC3)c(C)o2)cc1. The van der Waals surface area contributed by atoms with Gasteiger partial charge in [-0.15, -0.1) is 0 Å². The van der Waals surface area contributed by atoms with Crippen molar-refractivity contribution in [2.24, 2.45) is 0 Å². The summed E-state index contributed by atoms with van der Waals surface area (Å²) in [6, 6.07) is 15.5. The van der Waals surface area contributed by atoms with Crippen LogP contribution in [0.5, 0.6) is 5.75 Å². The lowest BCUT2D eigenvalue weighted by Gasteiger charge is -2.34. The van der Waals surface area contributed by atoms with Gasteiger partial charge >= 0.3 is 0 Å². The van der Waals surface area contributed by atoms with Crippen molar-refractivity contribution < 1.29 is 13.9 Å². The van der Waals surface area contributed by atoms with Gasteiger partial charge in [0.05, 0.1) is 12.8 Å². The molecule has 2 heterocycles. The molecular weight excluding hydrogens is 378 g/mol. The Morgan fingerprint density at radius 1 is 1.00 bits per heavy atom. The van der Waals surface area contributed by atoms with Crippen LogP contribution in [-0.4, -0.2) is 54.0 Å². The van der Waals surface area contributed by atoms with Crippen LogP contribution in [0, 0.1) is 13.8 Å². The number of carbonyl (C=O) groups is 1. The highest BCUT2D eigenvalue weighted by Gasteiger charge is 2.23. The van der Waals surface area contributed by atoms with E-state index in [9.17, 15) is 4.79 Å². The van der Waals surface area contributed by atoms with Gasteiger partial charge in [-0.2, -0.15) is 0 Å². The lowest BCUT2D eigenvalue weighted by atomic mass is 10.1. The third-order valence-corrected chi connectivity index (χ3v) is 5.56. The summed E-state index contributed by atoms with van der Waals surface area (Å²) in [5.41, 5.74) is 3.79. The van der Waals surface area contributed by atoms with Gasteiger partial charge in [0.15, 0.2) is 0 Å². The molecule has 3 aromatic rings. The minimum atomic E-state index is 0.106. The first-order valence-corrected chi connectivity index (χ1v) is 10.2. The topological polar surface area (TPSA) is 58.8 Å². The van der Waals surface area contributed by atoms with E-state index in [1.165, 1.54) is 0 Å². The largest absolute Gasteiger partial charge is 0.497 e. The van der Waals surface area contributed by atoms with E-state index in [4.69, 9.17) is 14.1 Å². The molecule has 156 valence electrons. The fourth-order valence-corrected chi connectivity index (χ4v) is 3.63. The zero-order chi connectivity index (χ0) is 21.1. The molecule has 1 aliphatic rings. The Bertz CT molecular complexity index is 1000. The van der Waals surface area contributed by atoms with Gasteiger partial charge < -0.3 is 14.1 Å². The van der Waals surface area contributed by atoms with E-state index in [0.29, 0.717) is 5.89 Å². The molecule has 0 bridgehead atoms. The number of ether oxygens (including phenoxy) is 1.